The first-order chi connectivity index (χ1) is 9.67. The first kappa shape index (κ1) is 19.1. The maximum atomic E-state index is 6.73. The summed E-state index contributed by atoms with van der Waals surface area (Å²) in [4.78, 5) is 0. The van der Waals surface area contributed by atoms with Crippen LogP contribution in [-0.2, 0) is 8.85 Å². The minimum absolute atomic E-state index is 0.332. The van der Waals surface area contributed by atoms with Crippen molar-refractivity contribution in [2.75, 3.05) is 0 Å². The van der Waals surface area contributed by atoms with Gasteiger partial charge in [-0.15, -0.1) is 6.58 Å². The van der Waals surface area contributed by atoms with E-state index in [0.717, 1.165) is 12.8 Å². The van der Waals surface area contributed by atoms with Crippen LogP contribution in [0, 0.1) is 5.92 Å². The molecule has 0 unspecified atom stereocenters. The second-order valence-corrected chi connectivity index (χ2v) is 16.8. The molecule has 0 radical (unpaired) electrons. The lowest BCUT2D eigenvalue weighted by atomic mass is 9.99. The molecule has 3 atom stereocenters. The van der Waals surface area contributed by atoms with Gasteiger partial charge >= 0.3 is 0 Å². The molecule has 0 aromatic heterocycles. The molecule has 1 rings (SSSR count). The highest BCUT2D eigenvalue weighted by Crippen LogP contribution is 2.44. The topological polar surface area (TPSA) is 18.5 Å². The fraction of sp³-hybridized carbons (Fsp3) is 0.882. The lowest BCUT2D eigenvalue weighted by molar-refractivity contribution is 0.0503. The summed E-state index contributed by atoms with van der Waals surface area (Å²) >= 11 is 0. The van der Waals surface area contributed by atoms with E-state index in [9.17, 15) is 0 Å². The van der Waals surface area contributed by atoms with Crippen molar-refractivity contribution in [1.82, 2.24) is 0 Å². The van der Waals surface area contributed by atoms with Crippen LogP contribution in [0.3, 0.4) is 0 Å². The molecule has 0 aromatic carbocycles. The van der Waals surface area contributed by atoms with Crippen LogP contribution in [-0.4, -0.2) is 28.8 Å². The maximum absolute atomic E-state index is 6.73. The van der Waals surface area contributed by atoms with Crippen molar-refractivity contribution in [2.45, 2.75) is 90.0 Å². The van der Waals surface area contributed by atoms with Gasteiger partial charge in [-0.2, -0.15) is 0 Å². The molecule has 0 saturated carbocycles. The van der Waals surface area contributed by atoms with Crippen molar-refractivity contribution in [1.29, 1.82) is 0 Å². The van der Waals surface area contributed by atoms with E-state index in [0.29, 0.717) is 23.7 Å². The molecule has 21 heavy (non-hydrogen) atoms. The van der Waals surface area contributed by atoms with Crippen molar-refractivity contribution in [3.05, 3.63) is 12.7 Å². The Labute approximate surface area is 134 Å². The first-order valence-corrected chi connectivity index (χ1v) is 14.5. The molecule has 0 spiro atoms. The fourth-order valence-electron chi connectivity index (χ4n) is 3.70. The van der Waals surface area contributed by atoms with Gasteiger partial charge in [-0.05, 0) is 50.5 Å². The lowest BCUT2D eigenvalue weighted by Crippen LogP contribution is -2.56. The Balaban J connectivity index is 3.04. The van der Waals surface area contributed by atoms with Gasteiger partial charge in [0.05, 0.1) is 6.10 Å². The Kier molecular flexibility index (Phi) is 6.91. The zero-order valence-electron chi connectivity index (χ0n) is 15.2. The third-order valence-electron chi connectivity index (χ3n) is 4.59. The number of hydrogen-bond acceptors (Lipinski definition) is 2. The van der Waals surface area contributed by atoms with E-state index in [4.69, 9.17) is 8.85 Å². The van der Waals surface area contributed by atoms with Gasteiger partial charge in [0.15, 0.2) is 8.32 Å². The third-order valence-corrected chi connectivity index (χ3v) is 10.6. The fourth-order valence-corrected chi connectivity index (χ4v) is 9.09. The van der Waals surface area contributed by atoms with Crippen molar-refractivity contribution >= 4 is 16.6 Å². The molecule has 0 amide bonds. The minimum Gasteiger partial charge on any atom is -0.414 e. The van der Waals surface area contributed by atoms with Crippen LogP contribution in [0.25, 0.3) is 0 Å². The molecule has 0 aliphatic carbocycles. The SMILES string of the molecule is C=C[C@H]1[C@H](O[Si](C)(C)C)C[C@@H](CC(C)C)O[Si]1(CC)CC. The first-order valence-electron chi connectivity index (χ1n) is 8.65. The number of hydrogen-bond donors (Lipinski definition) is 0. The molecular formula is C17H36O2Si2. The molecule has 1 heterocycles. The summed E-state index contributed by atoms with van der Waals surface area (Å²) in [7, 11) is -3.32. The second-order valence-electron chi connectivity index (χ2n) is 7.91. The van der Waals surface area contributed by atoms with Gasteiger partial charge in [0.25, 0.3) is 0 Å². The van der Waals surface area contributed by atoms with Crippen LogP contribution in [0.5, 0.6) is 0 Å². The average Bonchev–Trinajstić information content (AvgIpc) is 2.35. The normalized spacial score (nSPS) is 29.6. The molecule has 1 fully saturated rings. The zero-order chi connectivity index (χ0) is 16.3. The van der Waals surface area contributed by atoms with Crippen LogP contribution in [0.2, 0.25) is 37.3 Å². The summed E-state index contributed by atoms with van der Waals surface area (Å²) < 4.78 is 13.3. The van der Waals surface area contributed by atoms with Gasteiger partial charge in [0, 0.05) is 11.6 Å². The Bertz CT molecular complexity index is 332. The largest absolute Gasteiger partial charge is 0.414 e. The summed E-state index contributed by atoms with van der Waals surface area (Å²) in [6.45, 7) is 20.2. The summed E-state index contributed by atoms with van der Waals surface area (Å²) in [6.07, 6.45) is 5.07. The van der Waals surface area contributed by atoms with E-state index < -0.39 is 16.6 Å². The third kappa shape index (κ3) is 5.05. The van der Waals surface area contributed by atoms with Gasteiger partial charge in [-0.25, -0.2) is 0 Å². The monoisotopic (exact) mass is 328 g/mol. The van der Waals surface area contributed by atoms with Crippen LogP contribution < -0.4 is 0 Å². The van der Waals surface area contributed by atoms with Crippen LogP contribution in [0.1, 0.15) is 40.5 Å². The van der Waals surface area contributed by atoms with E-state index in [1.54, 1.807) is 0 Å². The van der Waals surface area contributed by atoms with Gasteiger partial charge in [-0.1, -0.05) is 33.8 Å². The molecular weight excluding hydrogens is 292 g/mol. The molecule has 1 aliphatic rings. The highest BCUT2D eigenvalue weighted by atomic mass is 28.4. The minimum atomic E-state index is -1.77. The van der Waals surface area contributed by atoms with Gasteiger partial charge in [0.2, 0.25) is 8.32 Å². The van der Waals surface area contributed by atoms with E-state index in [1.165, 1.54) is 12.1 Å². The summed E-state index contributed by atoms with van der Waals surface area (Å²) in [5.41, 5.74) is 0.447. The predicted octanol–water partition coefficient (Wildman–Crippen LogP) is 5.58. The molecule has 1 saturated heterocycles. The summed E-state index contributed by atoms with van der Waals surface area (Å²) in [5.74, 6) is 0.684. The molecule has 4 heteroatoms. The molecule has 0 bridgehead atoms. The Morgan fingerprint density at radius 1 is 1.29 bits per heavy atom. The van der Waals surface area contributed by atoms with Gasteiger partial charge in [-0.3, -0.25) is 0 Å². The Morgan fingerprint density at radius 3 is 2.24 bits per heavy atom. The van der Waals surface area contributed by atoms with Gasteiger partial charge < -0.3 is 8.85 Å². The van der Waals surface area contributed by atoms with Gasteiger partial charge in [0.1, 0.15) is 0 Å². The zero-order valence-corrected chi connectivity index (χ0v) is 17.2. The Hall–Kier alpha value is 0.0938. The lowest BCUT2D eigenvalue weighted by Gasteiger charge is -2.49. The second kappa shape index (κ2) is 7.58. The smallest absolute Gasteiger partial charge is 0.201 e. The van der Waals surface area contributed by atoms with E-state index in [2.05, 4.69) is 60.0 Å². The predicted molar refractivity (Wildman–Crippen MR) is 97.8 cm³/mol. The highest BCUT2D eigenvalue weighted by molar-refractivity contribution is 6.76. The molecule has 0 N–H and O–H groups in total. The maximum Gasteiger partial charge on any atom is 0.201 e. The van der Waals surface area contributed by atoms with E-state index in [-0.39, 0.29) is 0 Å². The van der Waals surface area contributed by atoms with Crippen molar-refractivity contribution < 1.29 is 8.85 Å². The van der Waals surface area contributed by atoms with E-state index in [1.807, 2.05) is 0 Å². The quantitative estimate of drug-likeness (QED) is 0.448. The van der Waals surface area contributed by atoms with Crippen LogP contribution in [0.4, 0.5) is 0 Å². The highest BCUT2D eigenvalue weighted by Gasteiger charge is 2.50. The van der Waals surface area contributed by atoms with Crippen LogP contribution in [0.15, 0.2) is 12.7 Å². The van der Waals surface area contributed by atoms with Crippen LogP contribution >= 0.6 is 0 Å². The molecule has 1 aliphatic heterocycles. The standard InChI is InChI=1S/C17H36O2Si2/c1-9-17-16(19-20(6,7)8)13-15(12-14(4)5)18-21(17,10-2)11-3/h9,14-17H,1,10-13H2,2-8H3/t15-,16-,17+/m1/s1. The molecule has 0 aromatic rings. The average molecular weight is 329 g/mol. The summed E-state index contributed by atoms with van der Waals surface area (Å²) in [6, 6.07) is 2.33. The number of rotatable bonds is 7. The Morgan fingerprint density at radius 2 is 1.86 bits per heavy atom. The van der Waals surface area contributed by atoms with Crippen molar-refractivity contribution in [3.63, 3.8) is 0 Å². The molecule has 2 nitrogen and oxygen atoms in total. The summed E-state index contributed by atoms with van der Waals surface area (Å²) in [5, 5.41) is 0. The molecule has 124 valence electrons. The van der Waals surface area contributed by atoms with Crippen molar-refractivity contribution in [3.8, 4) is 0 Å². The van der Waals surface area contributed by atoms with E-state index >= 15 is 0 Å². The van der Waals surface area contributed by atoms with Crippen molar-refractivity contribution in [2.24, 2.45) is 5.92 Å².